The zero-order chi connectivity index (χ0) is 22.6. The predicted molar refractivity (Wildman–Crippen MR) is 130 cm³/mol. The molecule has 0 saturated carbocycles. The van der Waals surface area contributed by atoms with Crippen LogP contribution in [0.3, 0.4) is 0 Å². The van der Waals surface area contributed by atoms with E-state index in [9.17, 15) is 14.4 Å². The lowest BCUT2D eigenvalue weighted by Gasteiger charge is -2.34. The third-order valence-electron chi connectivity index (χ3n) is 5.49. The molecule has 2 aliphatic rings. The number of anilines is 4. The van der Waals surface area contributed by atoms with Gasteiger partial charge in [0.1, 0.15) is 5.82 Å². The van der Waals surface area contributed by atoms with Gasteiger partial charge in [0.15, 0.2) is 0 Å². The molecule has 168 valence electrons. The minimum absolute atomic E-state index is 0. The molecule has 0 radical (unpaired) electrons. The van der Waals surface area contributed by atoms with E-state index in [0.717, 1.165) is 20.6 Å². The molecule has 3 heterocycles. The number of nitrogens with one attached hydrogen (secondary N) is 1. The van der Waals surface area contributed by atoms with Gasteiger partial charge in [0.05, 0.1) is 23.4 Å². The third kappa shape index (κ3) is 3.70. The number of aromatic nitrogens is 2. The van der Waals surface area contributed by atoms with Crippen molar-refractivity contribution in [1.29, 1.82) is 0 Å². The number of benzene rings is 2. The maximum Gasteiger partial charge on any atom is 0.330 e. The summed E-state index contributed by atoms with van der Waals surface area (Å²) in [6.45, 7) is 0.337. The van der Waals surface area contributed by atoms with Gasteiger partial charge < -0.3 is 5.32 Å². The second kappa shape index (κ2) is 8.45. The lowest BCUT2D eigenvalue weighted by atomic mass is 10.1. The van der Waals surface area contributed by atoms with Crippen molar-refractivity contribution >= 4 is 69.3 Å². The average Bonchev–Trinajstić information content (AvgIpc) is 3.01. The summed E-state index contributed by atoms with van der Waals surface area (Å²) in [5, 5.41) is 3.06. The first-order chi connectivity index (χ1) is 15.3. The van der Waals surface area contributed by atoms with Crippen LogP contribution in [0.4, 0.5) is 27.9 Å². The monoisotopic (exact) mass is 528 g/mol. The summed E-state index contributed by atoms with van der Waals surface area (Å²) in [4.78, 5) is 50.4. The van der Waals surface area contributed by atoms with E-state index in [1.807, 2.05) is 24.3 Å². The predicted octanol–water partition coefficient (Wildman–Crippen LogP) is 4.21. The lowest BCUT2D eigenvalue weighted by Crippen LogP contribution is -2.46. The number of rotatable bonds is 3. The van der Waals surface area contributed by atoms with Gasteiger partial charge in [-0.25, -0.2) is 9.78 Å². The number of carbonyl (C=O) groups is 3. The highest BCUT2D eigenvalue weighted by Gasteiger charge is 2.33. The molecule has 1 N–H and O–H groups in total. The second-order valence-electron chi connectivity index (χ2n) is 7.48. The zero-order valence-corrected chi connectivity index (χ0v) is 20.0. The van der Waals surface area contributed by atoms with Crippen LogP contribution in [-0.4, -0.2) is 46.8 Å². The molecular formula is C22H18BrClN6O3. The molecule has 11 heteroatoms. The number of amides is 4. The van der Waals surface area contributed by atoms with Crippen molar-refractivity contribution in [2.24, 2.45) is 0 Å². The maximum atomic E-state index is 13.0. The number of para-hydroxylation sites is 1. The molecule has 5 rings (SSSR count). The van der Waals surface area contributed by atoms with E-state index in [2.05, 4.69) is 31.2 Å². The Kier molecular flexibility index (Phi) is 5.81. The zero-order valence-electron chi connectivity index (χ0n) is 17.6. The molecule has 3 aromatic rings. The van der Waals surface area contributed by atoms with Crippen molar-refractivity contribution in [2.75, 3.05) is 29.2 Å². The molecule has 0 saturated heterocycles. The molecule has 33 heavy (non-hydrogen) atoms. The molecule has 2 aliphatic heterocycles. The smallest absolute Gasteiger partial charge is 0.324 e. The van der Waals surface area contributed by atoms with Gasteiger partial charge in [0, 0.05) is 36.0 Å². The van der Waals surface area contributed by atoms with Crippen molar-refractivity contribution in [2.45, 2.75) is 6.54 Å². The summed E-state index contributed by atoms with van der Waals surface area (Å²) in [6.07, 6.45) is 1.67. The van der Waals surface area contributed by atoms with Crippen LogP contribution in [0.2, 0.25) is 0 Å². The standard InChI is InChI=1S/C22H17BrN6O3.ClH/c1-27-18-12(11-29(22(27)32)17-6-4-3-5-16(17)23)10-24-21(26-18)25-13-7-8-14-15(9-13)20(31)28(2)19(14)30;/h3-10H,11H2,1-2H3,(H,24,25,26);1H. The summed E-state index contributed by atoms with van der Waals surface area (Å²) in [6, 6.07) is 12.2. The Morgan fingerprint density at radius 2 is 1.70 bits per heavy atom. The maximum absolute atomic E-state index is 13.0. The first kappa shape index (κ1) is 22.7. The van der Waals surface area contributed by atoms with Crippen LogP contribution in [0.1, 0.15) is 26.3 Å². The minimum atomic E-state index is -0.350. The average molecular weight is 530 g/mol. The van der Waals surface area contributed by atoms with E-state index in [-0.39, 0.29) is 36.2 Å². The molecular weight excluding hydrogens is 512 g/mol. The Morgan fingerprint density at radius 3 is 2.45 bits per heavy atom. The van der Waals surface area contributed by atoms with E-state index in [0.29, 0.717) is 29.2 Å². The highest BCUT2D eigenvalue weighted by atomic mass is 79.9. The second-order valence-corrected chi connectivity index (χ2v) is 8.33. The fraction of sp³-hybridized carbons (Fsp3) is 0.136. The largest absolute Gasteiger partial charge is 0.330 e. The number of imide groups is 1. The molecule has 0 fully saturated rings. The summed E-state index contributed by atoms with van der Waals surface area (Å²) in [7, 11) is 3.12. The van der Waals surface area contributed by atoms with Gasteiger partial charge in [0.2, 0.25) is 5.95 Å². The van der Waals surface area contributed by atoms with Crippen LogP contribution in [-0.2, 0) is 6.54 Å². The first-order valence-corrected chi connectivity index (χ1v) is 10.5. The number of fused-ring (bicyclic) bond motifs is 2. The number of urea groups is 1. The van der Waals surface area contributed by atoms with Crippen molar-refractivity contribution in [1.82, 2.24) is 14.9 Å². The molecule has 1 aromatic heterocycles. The molecule has 9 nitrogen and oxygen atoms in total. The minimum Gasteiger partial charge on any atom is -0.324 e. The highest BCUT2D eigenvalue weighted by Crippen LogP contribution is 2.34. The highest BCUT2D eigenvalue weighted by molar-refractivity contribution is 9.10. The van der Waals surface area contributed by atoms with Gasteiger partial charge in [0.25, 0.3) is 11.8 Å². The third-order valence-corrected chi connectivity index (χ3v) is 6.17. The molecule has 2 aromatic carbocycles. The van der Waals surface area contributed by atoms with E-state index >= 15 is 0 Å². The summed E-state index contributed by atoms with van der Waals surface area (Å²) < 4.78 is 0.819. The van der Waals surface area contributed by atoms with Gasteiger partial charge in [-0.2, -0.15) is 4.98 Å². The summed E-state index contributed by atoms with van der Waals surface area (Å²) in [5.74, 6) is 0.111. The number of carbonyl (C=O) groups excluding carboxylic acids is 3. The van der Waals surface area contributed by atoms with Crippen molar-refractivity contribution in [3.05, 3.63) is 69.8 Å². The van der Waals surface area contributed by atoms with Gasteiger partial charge in [-0.1, -0.05) is 12.1 Å². The summed E-state index contributed by atoms with van der Waals surface area (Å²) in [5.41, 5.74) is 2.83. The van der Waals surface area contributed by atoms with E-state index in [4.69, 9.17) is 0 Å². The van der Waals surface area contributed by atoms with E-state index in [1.165, 1.54) is 11.9 Å². The normalized spacial score (nSPS) is 14.8. The van der Waals surface area contributed by atoms with Gasteiger partial charge in [-0.3, -0.25) is 24.3 Å². The van der Waals surface area contributed by atoms with Crippen LogP contribution >= 0.6 is 28.3 Å². The van der Waals surface area contributed by atoms with E-state index < -0.39 is 0 Å². The number of halogens is 2. The Balaban J connectivity index is 0.00000259. The fourth-order valence-electron chi connectivity index (χ4n) is 3.80. The number of hydrogen-bond donors (Lipinski definition) is 1. The van der Waals surface area contributed by atoms with Crippen molar-refractivity contribution < 1.29 is 14.4 Å². The van der Waals surface area contributed by atoms with E-state index in [1.54, 1.807) is 36.3 Å². The van der Waals surface area contributed by atoms with Gasteiger partial charge in [-0.15, -0.1) is 12.4 Å². The van der Waals surface area contributed by atoms with Gasteiger partial charge >= 0.3 is 6.03 Å². The lowest BCUT2D eigenvalue weighted by molar-refractivity contribution is 0.0693. The first-order valence-electron chi connectivity index (χ1n) is 9.74. The number of hydrogen-bond acceptors (Lipinski definition) is 6. The number of nitrogens with zero attached hydrogens (tertiary/aromatic N) is 5. The molecule has 0 unspecified atom stereocenters. The Morgan fingerprint density at radius 1 is 0.970 bits per heavy atom. The van der Waals surface area contributed by atoms with Crippen LogP contribution in [0.5, 0.6) is 0 Å². The Hall–Kier alpha value is -3.50. The molecule has 0 atom stereocenters. The quantitative estimate of drug-likeness (QED) is 0.511. The van der Waals surface area contributed by atoms with Crippen LogP contribution in [0.25, 0.3) is 0 Å². The van der Waals surface area contributed by atoms with Crippen LogP contribution < -0.4 is 15.1 Å². The van der Waals surface area contributed by atoms with Crippen LogP contribution in [0, 0.1) is 0 Å². The molecule has 4 amide bonds. The molecule has 0 spiro atoms. The fourth-order valence-corrected chi connectivity index (χ4v) is 4.30. The Bertz CT molecular complexity index is 1320. The molecule has 0 aliphatic carbocycles. The van der Waals surface area contributed by atoms with Gasteiger partial charge in [-0.05, 0) is 46.3 Å². The van der Waals surface area contributed by atoms with Crippen molar-refractivity contribution in [3.8, 4) is 0 Å². The van der Waals surface area contributed by atoms with Crippen molar-refractivity contribution in [3.63, 3.8) is 0 Å². The Labute approximate surface area is 203 Å². The molecule has 0 bridgehead atoms. The SMILES string of the molecule is CN1C(=O)c2ccc(Nc3ncc4c(n3)N(C)C(=O)N(c3ccccc3Br)C4)cc2C1=O.Cl. The van der Waals surface area contributed by atoms with Crippen LogP contribution in [0.15, 0.2) is 53.1 Å². The topological polar surface area (TPSA) is 98.7 Å². The summed E-state index contributed by atoms with van der Waals surface area (Å²) >= 11 is 3.50.